The first-order chi connectivity index (χ1) is 11.9. The van der Waals surface area contributed by atoms with E-state index >= 15 is 0 Å². The predicted molar refractivity (Wildman–Crippen MR) is 96.0 cm³/mol. The van der Waals surface area contributed by atoms with Crippen molar-refractivity contribution in [2.24, 2.45) is 0 Å². The van der Waals surface area contributed by atoms with Crippen molar-refractivity contribution in [1.82, 2.24) is 0 Å². The number of hydrogen-bond acceptors (Lipinski definition) is 4. The molecule has 0 unspecified atom stereocenters. The number of Topliss-reactive ketones (excluding diaryl/α,β-unsaturated/α-hetero) is 1. The van der Waals surface area contributed by atoms with Crippen molar-refractivity contribution >= 4 is 17.8 Å². The Balaban J connectivity index is 1.91. The molecule has 4 heteroatoms. The molecule has 3 rings (SSSR count). The molecule has 25 heavy (non-hydrogen) atoms. The van der Waals surface area contributed by atoms with Crippen molar-refractivity contribution < 1.29 is 19.1 Å². The van der Waals surface area contributed by atoms with Crippen LogP contribution in [0, 0.1) is 6.92 Å². The van der Waals surface area contributed by atoms with Gasteiger partial charge in [0.15, 0.2) is 5.76 Å². The van der Waals surface area contributed by atoms with Gasteiger partial charge in [-0.1, -0.05) is 38.1 Å². The van der Waals surface area contributed by atoms with Crippen LogP contribution in [0.1, 0.15) is 53.7 Å². The Morgan fingerprint density at radius 2 is 1.80 bits per heavy atom. The van der Waals surface area contributed by atoms with Gasteiger partial charge in [-0.05, 0) is 42.2 Å². The van der Waals surface area contributed by atoms with E-state index in [-0.39, 0.29) is 11.5 Å². The zero-order chi connectivity index (χ0) is 18.1. The van der Waals surface area contributed by atoms with E-state index in [2.05, 4.69) is 13.8 Å². The molecule has 0 amide bonds. The second-order valence-electron chi connectivity index (χ2n) is 6.42. The third-order valence-electron chi connectivity index (χ3n) is 4.19. The maximum atomic E-state index is 12.6. The van der Waals surface area contributed by atoms with E-state index in [0.717, 1.165) is 5.56 Å². The number of ketones is 1. The van der Waals surface area contributed by atoms with E-state index < -0.39 is 5.97 Å². The highest BCUT2D eigenvalue weighted by atomic mass is 16.5. The summed E-state index contributed by atoms with van der Waals surface area (Å²) < 4.78 is 10.9. The van der Waals surface area contributed by atoms with Crippen molar-refractivity contribution in [3.05, 3.63) is 64.4 Å². The van der Waals surface area contributed by atoms with Crippen LogP contribution < -0.4 is 9.47 Å². The lowest BCUT2D eigenvalue weighted by molar-refractivity contribution is -0.131. The normalized spacial score (nSPS) is 14.6. The molecule has 0 saturated carbocycles. The number of esters is 1. The van der Waals surface area contributed by atoms with Crippen LogP contribution in [0.4, 0.5) is 0 Å². The maximum Gasteiger partial charge on any atom is 0.308 e. The third kappa shape index (κ3) is 3.33. The summed E-state index contributed by atoms with van der Waals surface area (Å²) in [5.74, 6) is 1.01. The minimum Gasteiger partial charge on any atom is -0.452 e. The molecule has 0 fully saturated rings. The zero-order valence-electron chi connectivity index (χ0n) is 14.8. The molecular weight excluding hydrogens is 316 g/mol. The summed E-state index contributed by atoms with van der Waals surface area (Å²) in [6.45, 7) is 7.38. The minimum absolute atomic E-state index is 0.166. The first-order valence-corrected chi connectivity index (χ1v) is 8.23. The van der Waals surface area contributed by atoms with Crippen molar-refractivity contribution in [3.63, 3.8) is 0 Å². The molecule has 1 aliphatic rings. The highest BCUT2D eigenvalue weighted by molar-refractivity contribution is 6.15. The molecule has 0 atom stereocenters. The van der Waals surface area contributed by atoms with Crippen LogP contribution in [0.3, 0.4) is 0 Å². The molecule has 128 valence electrons. The Bertz CT molecular complexity index is 874. The van der Waals surface area contributed by atoms with Crippen LogP contribution in [0.15, 0.2) is 42.2 Å². The van der Waals surface area contributed by atoms with Crippen molar-refractivity contribution in [2.45, 2.75) is 33.6 Å². The fourth-order valence-corrected chi connectivity index (χ4v) is 2.76. The number of hydrogen-bond donors (Lipinski definition) is 0. The van der Waals surface area contributed by atoms with Gasteiger partial charge in [-0.15, -0.1) is 0 Å². The molecule has 4 nitrogen and oxygen atoms in total. The van der Waals surface area contributed by atoms with E-state index in [0.29, 0.717) is 28.5 Å². The summed E-state index contributed by atoms with van der Waals surface area (Å²) in [5.41, 5.74) is 3.27. The Morgan fingerprint density at radius 1 is 1.12 bits per heavy atom. The standard InChI is InChI=1S/C21H20O4/c1-12(2)16-7-5-15(6-8-16)11-19-20(23)17-9-10-18(24-14(4)22)13(3)21(17)25-19/h5-12H,1-4H3/b19-11-. The Kier molecular flexibility index (Phi) is 4.45. The molecule has 0 aliphatic carbocycles. The van der Waals surface area contributed by atoms with Crippen LogP contribution in [0.2, 0.25) is 0 Å². The molecule has 0 saturated heterocycles. The summed E-state index contributed by atoms with van der Waals surface area (Å²) in [4.78, 5) is 23.7. The first kappa shape index (κ1) is 17.0. The molecule has 1 heterocycles. The van der Waals surface area contributed by atoms with Gasteiger partial charge in [-0.3, -0.25) is 9.59 Å². The number of carbonyl (C=O) groups is 2. The third-order valence-corrected chi connectivity index (χ3v) is 4.19. The minimum atomic E-state index is -0.409. The fourth-order valence-electron chi connectivity index (χ4n) is 2.76. The monoisotopic (exact) mass is 336 g/mol. The van der Waals surface area contributed by atoms with Gasteiger partial charge in [-0.25, -0.2) is 0 Å². The largest absolute Gasteiger partial charge is 0.452 e. The van der Waals surface area contributed by atoms with E-state index in [9.17, 15) is 9.59 Å². The van der Waals surface area contributed by atoms with Crippen LogP contribution >= 0.6 is 0 Å². The maximum absolute atomic E-state index is 12.6. The lowest BCUT2D eigenvalue weighted by Gasteiger charge is -2.08. The van der Waals surface area contributed by atoms with Gasteiger partial charge in [0.1, 0.15) is 11.5 Å². The number of rotatable bonds is 3. The fraction of sp³-hybridized carbons (Fsp3) is 0.238. The van der Waals surface area contributed by atoms with Gasteiger partial charge in [0.2, 0.25) is 5.78 Å². The molecule has 2 aromatic rings. The molecule has 0 N–H and O–H groups in total. The lowest BCUT2D eigenvalue weighted by Crippen LogP contribution is -2.03. The van der Waals surface area contributed by atoms with Gasteiger partial charge in [0.25, 0.3) is 0 Å². The molecule has 0 bridgehead atoms. The molecule has 0 spiro atoms. The predicted octanol–water partition coefficient (Wildman–Crippen LogP) is 4.66. The summed E-state index contributed by atoms with van der Waals surface area (Å²) in [6.07, 6.45) is 1.73. The quantitative estimate of drug-likeness (QED) is 0.465. The number of benzene rings is 2. The average Bonchev–Trinajstić information content (AvgIpc) is 2.87. The highest BCUT2D eigenvalue weighted by Crippen LogP contribution is 2.39. The highest BCUT2D eigenvalue weighted by Gasteiger charge is 2.30. The van der Waals surface area contributed by atoms with Gasteiger partial charge in [0, 0.05) is 12.5 Å². The second-order valence-corrected chi connectivity index (χ2v) is 6.42. The lowest BCUT2D eigenvalue weighted by atomic mass is 10.0. The number of ether oxygens (including phenoxy) is 2. The van der Waals surface area contributed by atoms with Gasteiger partial charge < -0.3 is 9.47 Å². The van der Waals surface area contributed by atoms with E-state index in [1.165, 1.54) is 12.5 Å². The molecular formula is C21H20O4. The first-order valence-electron chi connectivity index (χ1n) is 8.23. The second kappa shape index (κ2) is 6.55. The Hall–Kier alpha value is -2.88. The van der Waals surface area contributed by atoms with E-state index in [1.54, 1.807) is 25.1 Å². The molecule has 0 radical (unpaired) electrons. The smallest absolute Gasteiger partial charge is 0.308 e. The summed E-state index contributed by atoms with van der Waals surface area (Å²) in [6, 6.07) is 11.3. The summed E-state index contributed by atoms with van der Waals surface area (Å²) in [5, 5.41) is 0. The average molecular weight is 336 g/mol. The van der Waals surface area contributed by atoms with E-state index in [4.69, 9.17) is 9.47 Å². The van der Waals surface area contributed by atoms with E-state index in [1.807, 2.05) is 24.3 Å². The molecule has 0 aromatic heterocycles. The summed E-state index contributed by atoms with van der Waals surface area (Å²) in [7, 11) is 0. The van der Waals surface area contributed by atoms with Gasteiger partial charge >= 0.3 is 5.97 Å². The van der Waals surface area contributed by atoms with Crippen LogP contribution in [-0.2, 0) is 4.79 Å². The number of fused-ring (bicyclic) bond motifs is 1. The van der Waals surface area contributed by atoms with Gasteiger partial charge in [-0.2, -0.15) is 0 Å². The molecule has 2 aromatic carbocycles. The molecule has 1 aliphatic heterocycles. The topological polar surface area (TPSA) is 52.6 Å². The number of allylic oxidation sites excluding steroid dienone is 1. The summed E-state index contributed by atoms with van der Waals surface area (Å²) >= 11 is 0. The zero-order valence-corrected chi connectivity index (χ0v) is 14.8. The Labute approximate surface area is 147 Å². The van der Waals surface area contributed by atoms with Crippen LogP contribution in [0.25, 0.3) is 6.08 Å². The van der Waals surface area contributed by atoms with Crippen molar-refractivity contribution in [2.75, 3.05) is 0 Å². The van der Waals surface area contributed by atoms with Gasteiger partial charge in [0.05, 0.1) is 5.56 Å². The van der Waals surface area contributed by atoms with Crippen LogP contribution in [-0.4, -0.2) is 11.8 Å². The van der Waals surface area contributed by atoms with Crippen LogP contribution in [0.5, 0.6) is 11.5 Å². The van der Waals surface area contributed by atoms with Crippen molar-refractivity contribution in [3.8, 4) is 11.5 Å². The number of carbonyl (C=O) groups excluding carboxylic acids is 2. The van der Waals surface area contributed by atoms with Crippen molar-refractivity contribution in [1.29, 1.82) is 0 Å². The Morgan fingerprint density at radius 3 is 2.40 bits per heavy atom. The SMILES string of the molecule is CC(=O)Oc1ccc2c(c1C)O/C(=C\c1ccc(C(C)C)cc1)C2=O.